The van der Waals surface area contributed by atoms with Gasteiger partial charge in [-0.1, -0.05) is 24.1 Å². The van der Waals surface area contributed by atoms with Crippen LogP contribution in [0.25, 0.3) is 0 Å². The molecule has 3 nitrogen and oxygen atoms in total. The molecule has 0 bridgehead atoms. The number of anilines is 1. The number of nitrogens with one attached hydrogen (secondary N) is 1. The average Bonchev–Trinajstić information content (AvgIpc) is 2.42. The van der Waals surface area contributed by atoms with Crippen molar-refractivity contribution in [3.63, 3.8) is 0 Å². The Kier molecular flexibility index (Phi) is 3.84. The quantitative estimate of drug-likeness (QED) is 0.604. The van der Waals surface area contributed by atoms with Gasteiger partial charge in [0.1, 0.15) is 5.75 Å². The molecule has 0 heterocycles. The molecule has 94 valence electrons. The van der Waals surface area contributed by atoms with Gasteiger partial charge in [0, 0.05) is 17.2 Å². The van der Waals surface area contributed by atoms with E-state index in [0.717, 1.165) is 5.56 Å². The van der Waals surface area contributed by atoms with Crippen molar-refractivity contribution in [1.82, 2.24) is 0 Å². The Hall–Kier alpha value is -2.73. The van der Waals surface area contributed by atoms with Crippen molar-refractivity contribution >= 4 is 11.6 Å². The van der Waals surface area contributed by atoms with Crippen LogP contribution in [0.15, 0.2) is 48.5 Å². The third-order valence-corrected chi connectivity index (χ3v) is 2.55. The smallest absolute Gasteiger partial charge is 0.300 e. The zero-order chi connectivity index (χ0) is 13.7. The Morgan fingerprint density at radius 1 is 1.16 bits per heavy atom. The molecule has 0 unspecified atom stereocenters. The lowest BCUT2D eigenvalue weighted by atomic mass is 10.2. The number of amides is 1. The van der Waals surface area contributed by atoms with Gasteiger partial charge in [-0.2, -0.15) is 0 Å². The maximum atomic E-state index is 11.6. The van der Waals surface area contributed by atoms with Crippen LogP contribution in [0.1, 0.15) is 11.1 Å². The number of benzene rings is 2. The zero-order valence-corrected chi connectivity index (χ0v) is 10.5. The van der Waals surface area contributed by atoms with E-state index in [9.17, 15) is 9.90 Å². The summed E-state index contributed by atoms with van der Waals surface area (Å²) in [6, 6.07) is 14.2. The van der Waals surface area contributed by atoms with Crippen LogP contribution in [0.5, 0.6) is 5.75 Å². The molecule has 19 heavy (non-hydrogen) atoms. The van der Waals surface area contributed by atoms with E-state index in [-0.39, 0.29) is 11.7 Å². The lowest BCUT2D eigenvalue weighted by Gasteiger charge is -2.03. The molecule has 0 aliphatic carbocycles. The van der Waals surface area contributed by atoms with E-state index >= 15 is 0 Å². The van der Waals surface area contributed by atoms with Gasteiger partial charge in [0.05, 0.1) is 0 Å². The van der Waals surface area contributed by atoms with Gasteiger partial charge in [0.15, 0.2) is 0 Å². The van der Waals surface area contributed by atoms with Crippen LogP contribution >= 0.6 is 0 Å². The molecule has 2 rings (SSSR count). The normalized spacial score (nSPS) is 9.32. The Balaban J connectivity index is 2.06. The van der Waals surface area contributed by atoms with Gasteiger partial charge in [-0.3, -0.25) is 4.79 Å². The molecule has 0 spiro atoms. The molecule has 0 aliphatic rings. The van der Waals surface area contributed by atoms with E-state index in [2.05, 4.69) is 17.2 Å². The third kappa shape index (κ3) is 3.62. The van der Waals surface area contributed by atoms with Crippen molar-refractivity contribution in [2.75, 3.05) is 5.32 Å². The fourth-order valence-electron chi connectivity index (χ4n) is 1.55. The highest BCUT2D eigenvalue weighted by Gasteiger charge is 2.00. The van der Waals surface area contributed by atoms with Crippen LogP contribution in [0, 0.1) is 18.8 Å². The van der Waals surface area contributed by atoms with Crippen molar-refractivity contribution in [3.8, 4) is 17.6 Å². The Morgan fingerprint density at radius 2 is 1.89 bits per heavy atom. The molecule has 0 atom stereocenters. The third-order valence-electron chi connectivity index (χ3n) is 2.55. The molecule has 2 aromatic rings. The lowest BCUT2D eigenvalue weighted by molar-refractivity contribution is -0.111. The highest BCUT2D eigenvalue weighted by atomic mass is 16.3. The highest BCUT2D eigenvalue weighted by molar-refractivity contribution is 6.04. The van der Waals surface area contributed by atoms with Crippen LogP contribution in [-0.4, -0.2) is 11.0 Å². The summed E-state index contributed by atoms with van der Waals surface area (Å²) in [4.78, 5) is 11.6. The SMILES string of the molecule is Cc1cc(NC(=O)C#Cc2ccccc2)ccc1O. The standard InChI is InChI=1S/C16H13NO2/c1-12-11-14(8-9-15(12)18)17-16(19)10-7-13-5-3-2-4-6-13/h2-6,8-9,11,18H,1H3,(H,17,19). The predicted octanol–water partition coefficient (Wildman–Crippen LogP) is 2.69. The first-order valence-electron chi connectivity index (χ1n) is 5.83. The molecule has 0 aliphatic heterocycles. The topological polar surface area (TPSA) is 49.3 Å². The summed E-state index contributed by atoms with van der Waals surface area (Å²) in [5, 5.41) is 12.0. The van der Waals surface area contributed by atoms with Crippen LogP contribution in [-0.2, 0) is 4.79 Å². The van der Waals surface area contributed by atoms with Crippen molar-refractivity contribution in [1.29, 1.82) is 0 Å². The number of phenolic OH excluding ortho intramolecular Hbond substituents is 1. The molecule has 3 heteroatoms. The van der Waals surface area contributed by atoms with Gasteiger partial charge < -0.3 is 10.4 Å². The summed E-state index contributed by atoms with van der Waals surface area (Å²) < 4.78 is 0. The fourth-order valence-corrected chi connectivity index (χ4v) is 1.55. The highest BCUT2D eigenvalue weighted by Crippen LogP contribution is 2.19. The molecule has 0 fully saturated rings. The Morgan fingerprint density at radius 3 is 2.58 bits per heavy atom. The summed E-state index contributed by atoms with van der Waals surface area (Å²) in [7, 11) is 0. The average molecular weight is 251 g/mol. The van der Waals surface area contributed by atoms with Gasteiger partial charge in [-0.05, 0) is 42.8 Å². The van der Waals surface area contributed by atoms with Crippen molar-refractivity contribution in [3.05, 3.63) is 59.7 Å². The second-order valence-electron chi connectivity index (χ2n) is 4.07. The van der Waals surface area contributed by atoms with Crippen molar-refractivity contribution < 1.29 is 9.90 Å². The van der Waals surface area contributed by atoms with E-state index < -0.39 is 0 Å². The molecular weight excluding hydrogens is 238 g/mol. The van der Waals surface area contributed by atoms with Crippen molar-refractivity contribution in [2.45, 2.75) is 6.92 Å². The van der Waals surface area contributed by atoms with Gasteiger partial charge in [-0.15, -0.1) is 0 Å². The number of phenols is 1. The molecule has 0 radical (unpaired) electrons. The number of rotatable bonds is 1. The monoisotopic (exact) mass is 251 g/mol. The first kappa shape index (κ1) is 12.7. The molecule has 0 saturated heterocycles. The minimum absolute atomic E-state index is 0.202. The van der Waals surface area contributed by atoms with E-state index in [4.69, 9.17) is 0 Å². The first-order valence-corrected chi connectivity index (χ1v) is 5.83. The molecule has 0 aromatic heterocycles. The van der Waals surface area contributed by atoms with Gasteiger partial charge in [0.25, 0.3) is 0 Å². The van der Waals surface area contributed by atoms with Gasteiger partial charge in [0.2, 0.25) is 0 Å². The van der Waals surface area contributed by atoms with Gasteiger partial charge >= 0.3 is 5.91 Å². The van der Waals surface area contributed by atoms with E-state index in [0.29, 0.717) is 11.3 Å². The largest absolute Gasteiger partial charge is 0.508 e. The number of carbonyl (C=O) groups excluding carboxylic acids is 1. The van der Waals surface area contributed by atoms with Crippen LogP contribution in [0.3, 0.4) is 0 Å². The molecule has 2 aromatic carbocycles. The van der Waals surface area contributed by atoms with Crippen molar-refractivity contribution in [2.24, 2.45) is 0 Å². The second kappa shape index (κ2) is 5.74. The second-order valence-corrected chi connectivity index (χ2v) is 4.07. The first-order chi connectivity index (χ1) is 9.15. The number of carbonyl (C=O) groups is 1. The van der Waals surface area contributed by atoms with Crippen LogP contribution in [0.2, 0.25) is 0 Å². The maximum absolute atomic E-state index is 11.6. The minimum atomic E-state index is -0.381. The summed E-state index contributed by atoms with van der Waals surface area (Å²) >= 11 is 0. The van der Waals surface area contributed by atoms with Crippen LogP contribution < -0.4 is 5.32 Å². The minimum Gasteiger partial charge on any atom is -0.508 e. The Labute approximate surface area is 111 Å². The van der Waals surface area contributed by atoms with E-state index in [1.807, 2.05) is 30.3 Å². The maximum Gasteiger partial charge on any atom is 0.300 e. The zero-order valence-electron chi connectivity index (χ0n) is 10.5. The number of hydrogen-bond acceptors (Lipinski definition) is 2. The van der Waals surface area contributed by atoms with E-state index in [1.54, 1.807) is 19.1 Å². The van der Waals surface area contributed by atoms with Crippen LogP contribution in [0.4, 0.5) is 5.69 Å². The van der Waals surface area contributed by atoms with Gasteiger partial charge in [-0.25, -0.2) is 0 Å². The molecular formula is C16H13NO2. The number of aryl methyl sites for hydroxylation is 1. The summed E-state index contributed by atoms with van der Waals surface area (Å²) in [5.74, 6) is 5.12. The molecule has 0 saturated carbocycles. The summed E-state index contributed by atoms with van der Waals surface area (Å²) in [6.45, 7) is 1.76. The molecule has 2 N–H and O–H groups in total. The summed E-state index contributed by atoms with van der Waals surface area (Å²) in [6.07, 6.45) is 0. The summed E-state index contributed by atoms with van der Waals surface area (Å²) in [5.41, 5.74) is 2.11. The van der Waals surface area contributed by atoms with E-state index in [1.165, 1.54) is 6.07 Å². The fraction of sp³-hybridized carbons (Fsp3) is 0.0625. The Bertz CT molecular complexity index is 651. The predicted molar refractivity (Wildman–Crippen MR) is 74.8 cm³/mol. The lowest BCUT2D eigenvalue weighted by Crippen LogP contribution is -2.08. The molecule has 1 amide bonds. The number of hydrogen-bond donors (Lipinski definition) is 2. The number of aromatic hydroxyl groups is 1.